The molecule has 1 N–H and O–H groups in total. The molecule has 0 unspecified atom stereocenters. The summed E-state index contributed by atoms with van der Waals surface area (Å²) in [5, 5.41) is 2.83. The zero-order chi connectivity index (χ0) is 21.7. The lowest BCUT2D eigenvalue weighted by Gasteiger charge is -2.40. The average Bonchev–Trinajstić information content (AvgIpc) is 3.55. The lowest BCUT2D eigenvalue weighted by Crippen LogP contribution is -2.54. The van der Waals surface area contributed by atoms with Gasteiger partial charge in [-0.1, -0.05) is 13.8 Å². The van der Waals surface area contributed by atoms with E-state index in [0.717, 1.165) is 18.5 Å². The summed E-state index contributed by atoms with van der Waals surface area (Å²) in [6.07, 6.45) is 3.10. The van der Waals surface area contributed by atoms with Gasteiger partial charge < -0.3 is 19.7 Å². The molecule has 1 saturated carbocycles. The standard InChI is InChI=1S/C22H32FN3O4/c1-4-22(5-2,21(28)29-6-3)25-19(27)17-9-10-18(26-12-16(11-23)13-26)20(24-17)30-14-15-7-8-15/h9-10,15-16H,4-8,11-14H2,1-3H3,(H,25,27). The molecule has 0 spiro atoms. The van der Waals surface area contributed by atoms with Crippen LogP contribution in [-0.2, 0) is 9.53 Å². The Balaban J connectivity index is 1.79. The highest BCUT2D eigenvalue weighted by Gasteiger charge is 2.39. The van der Waals surface area contributed by atoms with Crippen molar-refractivity contribution in [3.63, 3.8) is 0 Å². The summed E-state index contributed by atoms with van der Waals surface area (Å²) >= 11 is 0. The third kappa shape index (κ3) is 4.84. The number of aromatic nitrogens is 1. The van der Waals surface area contributed by atoms with E-state index in [9.17, 15) is 14.0 Å². The normalized spacial score (nSPS) is 16.7. The second kappa shape index (κ2) is 9.62. The van der Waals surface area contributed by atoms with Crippen LogP contribution in [0.4, 0.5) is 10.1 Å². The molecule has 2 fully saturated rings. The van der Waals surface area contributed by atoms with Crippen molar-refractivity contribution in [3.05, 3.63) is 17.8 Å². The average molecular weight is 422 g/mol. The summed E-state index contributed by atoms with van der Waals surface area (Å²) in [5.41, 5.74) is -0.129. The molecule has 2 heterocycles. The summed E-state index contributed by atoms with van der Waals surface area (Å²) < 4.78 is 23.9. The van der Waals surface area contributed by atoms with Gasteiger partial charge in [-0.25, -0.2) is 9.78 Å². The van der Waals surface area contributed by atoms with Gasteiger partial charge in [-0.15, -0.1) is 0 Å². The number of carbonyl (C=O) groups is 2. The Hall–Kier alpha value is -2.38. The monoisotopic (exact) mass is 421 g/mol. The van der Waals surface area contributed by atoms with Crippen LogP contribution in [-0.4, -0.2) is 55.4 Å². The smallest absolute Gasteiger partial charge is 0.331 e. The second-order valence-corrected chi connectivity index (χ2v) is 8.16. The van der Waals surface area contributed by atoms with Gasteiger partial charge in [0.2, 0.25) is 5.88 Å². The summed E-state index contributed by atoms with van der Waals surface area (Å²) in [6.45, 7) is 7.11. The van der Waals surface area contributed by atoms with Crippen molar-refractivity contribution in [2.75, 3.05) is 37.9 Å². The molecule has 7 nitrogen and oxygen atoms in total. The van der Waals surface area contributed by atoms with Gasteiger partial charge >= 0.3 is 5.97 Å². The largest absolute Gasteiger partial charge is 0.476 e. The molecule has 8 heteroatoms. The Labute approximate surface area is 177 Å². The minimum absolute atomic E-state index is 0.0311. The molecule has 1 aromatic heterocycles. The molecule has 1 aromatic rings. The van der Waals surface area contributed by atoms with Crippen molar-refractivity contribution in [3.8, 4) is 5.88 Å². The van der Waals surface area contributed by atoms with Gasteiger partial charge in [0, 0.05) is 19.0 Å². The number of nitrogens with one attached hydrogen (secondary N) is 1. The van der Waals surface area contributed by atoms with Gasteiger partial charge in [-0.2, -0.15) is 0 Å². The van der Waals surface area contributed by atoms with E-state index in [0.29, 0.717) is 44.3 Å². The van der Waals surface area contributed by atoms with Gasteiger partial charge in [-0.3, -0.25) is 9.18 Å². The number of halogens is 1. The Morgan fingerprint density at radius 3 is 2.47 bits per heavy atom. The van der Waals surface area contributed by atoms with Gasteiger partial charge in [0.05, 0.1) is 25.6 Å². The number of amides is 1. The molecule has 3 rings (SSSR count). The molecule has 166 valence electrons. The Morgan fingerprint density at radius 1 is 1.20 bits per heavy atom. The fourth-order valence-electron chi connectivity index (χ4n) is 3.57. The first kappa shape index (κ1) is 22.3. The van der Waals surface area contributed by atoms with Crippen LogP contribution in [0.25, 0.3) is 0 Å². The zero-order valence-electron chi connectivity index (χ0n) is 18.1. The molecule has 0 bridgehead atoms. The topological polar surface area (TPSA) is 80.8 Å². The van der Waals surface area contributed by atoms with Crippen molar-refractivity contribution in [2.45, 2.75) is 52.0 Å². The molecule has 2 aliphatic rings. The van der Waals surface area contributed by atoms with Crippen LogP contribution < -0.4 is 15.0 Å². The van der Waals surface area contributed by atoms with Crippen LogP contribution in [0.2, 0.25) is 0 Å². The molecule has 1 saturated heterocycles. The maximum atomic E-state index is 13.0. The molecule has 0 radical (unpaired) electrons. The maximum absolute atomic E-state index is 13.0. The van der Waals surface area contributed by atoms with Crippen LogP contribution in [0.15, 0.2) is 12.1 Å². The highest BCUT2D eigenvalue weighted by Crippen LogP contribution is 2.35. The van der Waals surface area contributed by atoms with E-state index >= 15 is 0 Å². The minimum atomic E-state index is -1.09. The van der Waals surface area contributed by atoms with E-state index in [1.165, 1.54) is 0 Å². The lowest BCUT2D eigenvalue weighted by atomic mass is 9.92. The van der Waals surface area contributed by atoms with Crippen LogP contribution in [0.1, 0.15) is 56.9 Å². The van der Waals surface area contributed by atoms with Gasteiger partial charge in [-0.05, 0) is 50.7 Å². The SMILES string of the molecule is CCOC(=O)C(CC)(CC)NC(=O)c1ccc(N2CC(CF)C2)c(OCC2CC2)n1. The quantitative estimate of drug-likeness (QED) is 0.553. The number of anilines is 1. The summed E-state index contributed by atoms with van der Waals surface area (Å²) in [5.74, 6) is 0.0664. The summed E-state index contributed by atoms with van der Waals surface area (Å²) in [7, 11) is 0. The van der Waals surface area contributed by atoms with Crippen LogP contribution in [0.5, 0.6) is 5.88 Å². The van der Waals surface area contributed by atoms with Crippen molar-refractivity contribution in [1.29, 1.82) is 0 Å². The fraction of sp³-hybridized carbons (Fsp3) is 0.682. The van der Waals surface area contributed by atoms with E-state index in [1.54, 1.807) is 19.1 Å². The van der Waals surface area contributed by atoms with Crippen molar-refractivity contribution in [1.82, 2.24) is 10.3 Å². The number of alkyl halides is 1. The molecule has 0 atom stereocenters. The van der Waals surface area contributed by atoms with Gasteiger partial charge in [0.25, 0.3) is 5.91 Å². The molecule has 0 aromatic carbocycles. The van der Waals surface area contributed by atoms with E-state index in [-0.39, 0.29) is 24.9 Å². The van der Waals surface area contributed by atoms with Crippen LogP contribution in [0, 0.1) is 11.8 Å². The van der Waals surface area contributed by atoms with E-state index < -0.39 is 17.4 Å². The summed E-state index contributed by atoms with van der Waals surface area (Å²) in [6, 6.07) is 3.42. The van der Waals surface area contributed by atoms with Crippen molar-refractivity contribution < 1.29 is 23.5 Å². The number of carbonyl (C=O) groups excluding carboxylic acids is 2. The molecular formula is C22H32FN3O4. The highest BCUT2D eigenvalue weighted by molar-refractivity contribution is 5.97. The molecule has 1 amide bonds. The Bertz CT molecular complexity index is 759. The first-order chi connectivity index (χ1) is 14.5. The van der Waals surface area contributed by atoms with Crippen molar-refractivity contribution >= 4 is 17.6 Å². The first-order valence-corrected chi connectivity index (χ1v) is 10.9. The first-order valence-electron chi connectivity index (χ1n) is 10.9. The third-order valence-corrected chi connectivity index (χ3v) is 5.97. The predicted molar refractivity (Wildman–Crippen MR) is 112 cm³/mol. The minimum Gasteiger partial charge on any atom is -0.476 e. The molecular weight excluding hydrogens is 389 g/mol. The number of pyridine rings is 1. The second-order valence-electron chi connectivity index (χ2n) is 8.16. The summed E-state index contributed by atoms with van der Waals surface area (Å²) in [4.78, 5) is 31.9. The molecule has 1 aliphatic carbocycles. The van der Waals surface area contributed by atoms with E-state index in [2.05, 4.69) is 10.3 Å². The third-order valence-electron chi connectivity index (χ3n) is 5.97. The Morgan fingerprint density at radius 2 is 1.90 bits per heavy atom. The number of rotatable bonds is 11. The number of hydrogen-bond donors (Lipinski definition) is 1. The molecule has 1 aliphatic heterocycles. The number of hydrogen-bond acceptors (Lipinski definition) is 6. The van der Waals surface area contributed by atoms with Crippen LogP contribution in [0.3, 0.4) is 0 Å². The number of esters is 1. The fourth-order valence-corrected chi connectivity index (χ4v) is 3.57. The van der Waals surface area contributed by atoms with Crippen LogP contribution >= 0.6 is 0 Å². The predicted octanol–water partition coefficient (Wildman–Crippen LogP) is 3.13. The zero-order valence-corrected chi connectivity index (χ0v) is 18.1. The lowest BCUT2D eigenvalue weighted by molar-refractivity contribution is -0.151. The highest BCUT2D eigenvalue weighted by atomic mass is 19.1. The number of nitrogens with zero attached hydrogens (tertiary/aromatic N) is 2. The van der Waals surface area contributed by atoms with Crippen molar-refractivity contribution in [2.24, 2.45) is 11.8 Å². The van der Waals surface area contributed by atoms with E-state index in [1.807, 2.05) is 18.7 Å². The maximum Gasteiger partial charge on any atom is 0.331 e. The van der Waals surface area contributed by atoms with Gasteiger partial charge in [0.1, 0.15) is 11.2 Å². The number of ether oxygens (including phenoxy) is 2. The van der Waals surface area contributed by atoms with Gasteiger partial charge in [0.15, 0.2) is 0 Å². The van der Waals surface area contributed by atoms with E-state index in [4.69, 9.17) is 9.47 Å². The molecule has 30 heavy (non-hydrogen) atoms. The Kier molecular flexibility index (Phi) is 7.15.